The van der Waals surface area contributed by atoms with Gasteiger partial charge < -0.3 is 28.6 Å². The molecule has 0 bridgehead atoms. The first-order valence-electron chi connectivity index (χ1n) is 17.8. The van der Waals surface area contributed by atoms with Crippen LogP contribution in [0.3, 0.4) is 0 Å². The SMILES string of the molecule is COCCn1c(C(=O)O)cc2cccc(N3CC(C)n4c(c(CCCOc5cc(C)c(Cl)c(C)c5)c5ccc(Cl)c(-c6c(C)nn(C)c6C)c54)C3=O)c21. The molecule has 0 spiro atoms. The van der Waals surface area contributed by atoms with E-state index in [0.717, 1.165) is 66.3 Å². The van der Waals surface area contributed by atoms with Crippen molar-refractivity contribution < 1.29 is 24.2 Å². The molecule has 1 atom stereocenters. The van der Waals surface area contributed by atoms with Gasteiger partial charge in [-0.1, -0.05) is 41.4 Å². The summed E-state index contributed by atoms with van der Waals surface area (Å²) in [5, 5.41) is 17.9. The molecular formula is C41H43Cl2N5O5. The zero-order valence-electron chi connectivity index (χ0n) is 31.0. The van der Waals surface area contributed by atoms with Gasteiger partial charge in [-0.2, -0.15) is 5.10 Å². The number of carboxylic acids is 1. The van der Waals surface area contributed by atoms with Crippen LogP contribution in [0.1, 0.15) is 68.4 Å². The van der Waals surface area contributed by atoms with E-state index in [-0.39, 0.29) is 17.6 Å². The van der Waals surface area contributed by atoms with Crippen molar-refractivity contribution in [2.75, 3.05) is 31.8 Å². The van der Waals surface area contributed by atoms with E-state index in [4.69, 9.17) is 37.8 Å². The molecule has 3 aromatic carbocycles. The molecule has 0 saturated heterocycles. The second-order valence-corrected chi connectivity index (χ2v) is 14.8. The fourth-order valence-electron chi connectivity index (χ4n) is 8.05. The molecule has 1 aliphatic heterocycles. The van der Waals surface area contributed by atoms with Gasteiger partial charge in [0.05, 0.1) is 40.7 Å². The van der Waals surface area contributed by atoms with Crippen molar-refractivity contribution in [3.05, 3.63) is 98.0 Å². The molecule has 12 heteroatoms. The van der Waals surface area contributed by atoms with Crippen LogP contribution in [0.4, 0.5) is 5.69 Å². The zero-order chi connectivity index (χ0) is 37.9. The van der Waals surface area contributed by atoms with E-state index >= 15 is 4.79 Å². The minimum absolute atomic E-state index is 0.143. The Hall–Kier alpha value is -4.77. The Morgan fingerprint density at radius 2 is 1.74 bits per heavy atom. The van der Waals surface area contributed by atoms with Gasteiger partial charge in [-0.05, 0) is 94.5 Å². The fourth-order valence-corrected chi connectivity index (χ4v) is 8.41. The highest BCUT2D eigenvalue weighted by molar-refractivity contribution is 6.35. The Morgan fingerprint density at radius 1 is 1.00 bits per heavy atom. The number of aromatic nitrogens is 4. The summed E-state index contributed by atoms with van der Waals surface area (Å²) in [6.07, 6.45) is 1.22. The third-order valence-electron chi connectivity index (χ3n) is 10.5. The first kappa shape index (κ1) is 36.6. The zero-order valence-corrected chi connectivity index (χ0v) is 32.5. The summed E-state index contributed by atoms with van der Waals surface area (Å²) in [7, 11) is 3.51. The van der Waals surface area contributed by atoms with Crippen molar-refractivity contribution in [3.8, 4) is 16.9 Å². The molecule has 0 fully saturated rings. The van der Waals surface area contributed by atoms with Crippen LogP contribution in [-0.2, 0) is 24.8 Å². The van der Waals surface area contributed by atoms with Crippen molar-refractivity contribution in [3.63, 3.8) is 0 Å². The summed E-state index contributed by atoms with van der Waals surface area (Å²) in [6.45, 7) is 11.5. The topological polar surface area (TPSA) is 104 Å². The number of fused-ring (bicyclic) bond motifs is 4. The standard InChI is InChI=1S/C41H43Cl2N5O5/c1-22-18-28(19-23(2)36(22)43)53-16-9-11-29-30-13-14-31(42)35(34-25(4)44-45(6)26(34)5)38(30)48-24(3)21-47(40(49)39(29)48)32-12-8-10-27-20-33(41(50)51)46(37(27)32)15-17-52-7/h8,10,12-14,18-20,24H,9,11,15-17,21H2,1-7H3,(H,50,51). The van der Waals surface area contributed by atoms with Gasteiger partial charge in [0.2, 0.25) is 0 Å². The van der Waals surface area contributed by atoms with E-state index in [1.165, 1.54) is 0 Å². The van der Waals surface area contributed by atoms with Gasteiger partial charge >= 0.3 is 5.97 Å². The lowest BCUT2D eigenvalue weighted by atomic mass is 9.98. The number of para-hydroxylation sites is 1. The number of nitrogens with zero attached hydrogens (tertiary/aromatic N) is 5. The number of hydrogen-bond acceptors (Lipinski definition) is 5. The average Bonchev–Trinajstić information content (AvgIpc) is 3.75. The summed E-state index contributed by atoms with van der Waals surface area (Å²) in [6, 6.07) is 15.0. The van der Waals surface area contributed by atoms with Crippen LogP contribution in [-0.4, -0.2) is 62.8 Å². The van der Waals surface area contributed by atoms with Gasteiger partial charge in [0.15, 0.2) is 0 Å². The molecule has 3 aromatic heterocycles. The minimum Gasteiger partial charge on any atom is -0.494 e. The van der Waals surface area contributed by atoms with E-state index in [2.05, 4.69) is 11.5 Å². The summed E-state index contributed by atoms with van der Waals surface area (Å²) >= 11 is 13.5. The predicted molar refractivity (Wildman–Crippen MR) is 211 cm³/mol. The number of aromatic carboxylic acids is 1. The number of carbonyl (C=O) groups excluding carboxylic acids is 1. The Bertz CT molecular complexity index is 2420. The van der Waals surface area contributed by atoms with E-state index in [9.17, 15) is 9.90 Å². The Balaban J connectivity index is 1.39. The molecule has 1 amide bonds. The molecule has 1 N–H and O–H groups in total. The molecule has 7 rings (SSSR count). The number of carboxylic acid groups (broad SMARTS) is 1. The molecule has 10 nitrogen and oxygen atoms in total. The van der Waals surface area contributed by atoms with Crippen LogP contribution in [0, 0.1) is 27.7 Å². The molecule has 0 saturated carbocycles. The van der Waals surface area contributed by atoms with Crippen LogP contribution in [0.15, 0.2) is 48.5 Å². The molecule has 0 radical (unpaired) electrons. The monoisotopic (exact) mass is 755 g/mol. The highest BCUT2D eigenvalue weighted by Crippen LogP contribution is 2.45. The van der Waals surface area contributed by atoms with Crippen molar-refractivity contribution >= 4 is 62.6 Å². The second kappa shape index (κ2) is 14.2. The highest BCUT2D eigenvalue weighted by Gasteiger charge is 2.38. The van der Waals surface area contributed by atoms with Gasteiger partial charge in [-0.15, -0.1) is 0 Å². The Kier molecular flexibility index (Phi) is 9.82. The van der Waals surface area contributed by atoms with Crippen LogP contribution in [0.2, 0.25) is 10.0 Å². The molecule has 4 heterocycles. The van der Waals surface area contributed by atoms with Gasteiger partial charge in [0.1, 0.15) is 17.1 Å². The number of amides is 1. The second-order valence-electron chi connectivity index (χ2n) is 14.0. The van der Waals surface area contributed by atoms with Crippen LogP contribution < -0.4 is 9.64 Å². The lowest BCUT2D eigenvalue weighted by Gasteiger charge is -2.35. The number of aryl methyl sites for hydroxylation is 5. The predicted octanol–water partition coefficient (Wildman–Crippen LogP) is 9.11. The smallest absolute Gasteiger partial charge is 0.352 e. The van der Waals surface area contributed by atoms with Crippen molar-refractivity contribution in [1.29, 1.82) is 0 Å². The van der Waals surface area contributed by atoms with Crippen molar-refractivity contribution in [2.24, 2.45) is 7.05 Å². The van der Waals surface area contributed by atoms with Gasteiger partial charge in [-0.3, -0.25) is 9.48 Å². The van der Waals surface area contributed by atoms with E-state index < -0.39 is 5.97 Å². The third-order valence-corrected chi connectivity index (χ3v) is 11.4. The molecule has 6 aromatic rings. The summed E-state index contributed by atoms with van der Waals surface area (Å²) in [4.78, 5) is 29.3. The van der Waals surface area contributed by atoms with Crippen molar-refractivity contribution in [1.82, 2.24) is 18.9 Å². The number of hydrogen-bond donors (Lipinski definition) is 1. The maximum absolute atomic E-state index is 15.2. The molecule has 53 heavy (non-hydrogen) atoms. The largest absolute Gasteiger partial charge is 0.494 e. The first-order valence-corrected chi connectivity index (χ1v) is 18.5. The van der Waals surface area contributed by atoms with Crippen LogP contribution in [0.5, 0.6) is 5.75 Å². The van der Waals surface area contributed by atoms with Crippen LogP contribution >= 0.6 is 23.2 Å². The molecular weight excluding hydrogens is 713 g/mol. The minimum atomic E-state index is -1.04. The number of methoxy groups -OCH3 is 1. The maximum Gasteiger partial charge on any atom is 0.352 e. The first-order chi connectivity index (χ1) is 25.3. The van der Waals surface area contributed by atoms with Crippen molar-refractivity contribution in [2.45, 2.75) is 60.0 Å². The van der Waals surface area contributed by atoms with E-state index in [0.29, 0.717) is 61.1 Å². The quantitative estimate of drug-likeness (QED) is 0.132. The van der Waals surface area contributed by atoms with Gasteiger partial charge in [0.25, 0.3) is 5.91 Å². The Labute approximate surface area is 318 Å². The van der Waals surface area contributed by atoms with Crippen LogP contribution in [0.25, 0.3) is 32.9 Å². The lowest BCUT2D eigenvalue weighted by molar-refractivity contribution is 0.0683. The Morgan fingerprint density at radius 3 is 2.40 bits per heavy atom. The number of carbonyl (C=O) groups is 2. The fraction of sp³-hybridized carbons (Fsp3) is 0.341. The van der Waals surface area contributed by atoms with E-state index in [1.807, 2.05) is 81.9 Å². The number of anilines is 1. The average molecular weight is 757 g/mol. The normalized spacial score (nSPS) is 14.5. The van der Waals surface area contributed by atoms with E-state index in [1.54, 1.807) is 22.6 Å². The number of halogens is 2. The number of ether oxygens (including phenoxy) is 2. The lowest BCUT2D eigenvalue weighted by Crippen LogP contribution is -2.43. The summed E-state index contributed by atoms with van der Waals surface area (Å²) in [5.41, 5.74) is 9.44. The molecule has 0 aliphatic carbocycles. The highest BCUT2D eigenvalue weighted by atomic mass is 35.5. The molecule has 1 unspecified atom stereocenters. The maximum atomic E-state index is 15.2. The number of benzene rings is 3. The molecule has 276 valence electrons. The summed E-state index contributed by atoms with van der Waals surface area (Å²) in [5.74, 6) is -0.448. The number of rotatable bonds is 11. The third kappa shape index (κ3) is 6.16. The summed E-state index contributed by atoms with van der Waals surface area (Å²) < 4.78 is 17.3. The molecule has 1 aliphatic rings. The van der Waals surface area contributed by atoms with Gasteiger partial charge in [0, 0.05) is 65.9 Å². The van der Waals surface area contributed by atoms with Gasteiger partial charge in [-0.25, -0.2) is 4.79 Å².